The van der Waals surface area contributed by atoms with Crippen LogP contribution in [0.25, 0.3) is 0 Å². The molecule has 176 valence electrons. The molecule has 0 fully saturated rings. The summed E-state index contributed by atoms with van der Waals surface area (Å²) in [7, 11) is 2.17. The molecule has 0 aliphatic carbocycles. The molecule has 7 nitrogen and oxygen atoms in total. The average molecular weight is 473 g/mol. The molecule has 1 heterocycles. The zero-order valence-electron chi connectivity index (χ0n) is 17.2. The maximum atomic E-state index is 14.3. The third kappa shape index (κ3) is 4.90. The third-order valence-corrected chi connectivity index (χ3v) is 4.53. The molecule has 0 spiro atoms. The number of ether oxygens (including phenoxy) is 4. The minimum atomic E-state index is -4.96. The Morgan fingerprint density at radius 2 is 1.61 bits per heavy atom. The second-order valence-electron chi connectivity index (χ2n) is 6.55. The van der Waals surface area contributed by atoms with Crippen molar-refractivity contribution in [2.24, 2.45) is 0 Å². The highest BCUT2D eigenvalue weighted by Crippen LogP contribution is 2.40. The number of carbonyl (C=O) groups excluding carboxylic acids is 2. The van der Waals surface area contributed by atoms with Crippen LogP contribution >= 0.6 is 0 Å². The van der Waals surface area contributed by atoms with Crippen LogP contribution in [0.2, 0.25) is 0 Å². The number of nitrogens with zero attached hydrogens (tertiary/aromatic N) is 1. The van der Waals surface area contributed by atoms with Crippen molar-refractivity contribution >= 4 is 17.6 Å². The highest BCUT2D eigenvalue weighted by atomic mass is 19.4. The summed E-state index contributed by atoms with van der Waals surface area (Å²) in [6, 6.07) is 5.74. The molecule has 0 unspecified atom stereocenters. The Kier molecular flexibility index (Phi) is 6.86. The van der Waals surface area contributed by atoms with Crippen molar-refractivity contribution < 1.29 is 50.5 Å². The molecule has 0 aromatic heterocycles. The van der Waals surface area contributed by atoms with Crippen molar-refractivity contribution in [2.45, 2.75) is 6.18 Å². The minimum Gasteiger partial charge on any atom is -0.466 e. The van der Waals surface area contributed by atoms with Gasteiger partial charge in [0.15, 0.2) is 23.1 Å². The molecule has 0 N–H and O–H groups in total. The quantitative estimate of drug-likeness (QED) is 0.477. The number of halogens is 5. The molecule has 1 aliphatic rings. The number of hydrogen-bond donors (Lipinski definition) is 0. The van der Waals surface area contributed by atoms with Crippen LogP contribution in [0.15, 0.2) is 47.7 Å². The molecule has 3 rings (SSSR count). The smallest absolute Gasteiger partial charge is 0.416 e. The Morgan fingerprint density at radius 3 is 2.18 bits per heavy atom. The number of esters is 2. The zero-order valence-corrected chi connectivity index (χ0v) is 17.2. The molecule has 1 aliphatic heterocycles. The van der Waals surface area contributed by atoms with Gasteiger partial charge in [0.2, 0.25) is 0 Å². The van der Waals surface area contributed by atoms with Crippen LogP contribution in [0.1, 0.15) is 5.56 Å². The summed E-state index contributed by atoms with van der Waals surface area (Å²) >= 11 is 0. The normalized spacial score (nSPS) is 14.2. The molecular formula is C21H16F5NO6. The molecule has 33 heavy (non-hydrogen) atoms. The second-order valence-corrected chi connectivity index (χ2v) is 6.55. The standard InChI is InChI=1S/C21H16F5NO6/c1-30-19(28)12-9-32-10-27(17(12)20(29)31-2)15-5-3-4-6-16(15)33-18-13(22)7-11(8-14(18)23)21(24,25)26/h3-8H,9-10H2,1-2H3. The van der Waals surface area contributed by atoms with Gasteiger partial charge in [0.1, 0.15) is 12.4 Å². The number of alkyl halides is 3. The molecule has 0 radical (unpaired) electrons. The van der Waals surface area contributed by atoms with Gasteiger partial charge < -0.3 is 23.8 Å². The van der Waals surface area contributed by atoms with Crippen LogP contribution in [0.4, 0.5) is 27.6 Å². The van der Waals surface area contributed by atoms with Crippen molar-refractivity contribution in [3.8, 4) is 11.5 Å². The Bertz CT molecular complexity index is 1090. The Labute approximate surface area is 183 Å². The lowest BCUT2D eigenvalue weighted by molar-refractivity contribution is -0.140. The van der Waals surface area contributed by atoms with Gasteiger partial charge in [0, 0.05) is 0 Å². The molecule has 0 amide bonds. The van der Waals surface area contributed by atoms with Gasteiger partial charge in [0.05, 0.1) is 37.7 Å². The van der Waals surface area contributed by atoms with Crippen LogP contribution in [-0.2, 0) is 30.0 Å². The van der Waals surface area contributed by atoms with Gasteiger partial charge in [-0.1, -0.05) is 12.1 Å². The van der Waals surface area contributed by atoms with E-state index in [1.807, 2.05) is 0 Å². The zero-order chi connectivity index (χ0) is 24.3. The topological polar surface area (TPSA) is 74.3 Å². The van der Waals surface area contributed by atoms with Crippen LogP contribution in [0, 0.1) is 11.6 Å². The molecule has 0 atom stereocenters. The first-order valence-electron chi connectivity index (χ1n) is 9.16. The number of methoxy groups -OCH3 is 2. The maximum absolute atomic E-state index is 14.3. The van der Waals surface area contributed by atoms with Crippen molar-refractivity contribution in [2.75, 3.05) is 32.5 Å². The van der Waals surface area contributed by atoms with Crippen molar-refractivity contribution in [1.82, 2.24) is 0 Å². The second kappa shape index (κ2) is 9.45. The van der Waals surface area contributed by atoms with E-state index < -0.39 is 41.1 Å². The number of benzene rings is 2. The lowest BCUT2D eigenvalue weighted by Gasteiger charge is -2.32. The van der Waals surface area contributed by atoms with Crippen molar-refractivity contribution in [1.29, 1.82) is 0 Å². The van der Waals surface area contributed by atoms with Crippen molar-refractivity contribution in [3.05, 3.63) is 64.9 Å². The fourth-order valence-corrected chi connectivity index (χ4v) is 3.03. The summed E-state index contributed by atoms with van der Waals surface area (Å²) in [5.74, 6) is -6.33. The van der Waals surface area contributed by atoms with Crippen LogP contribution in [-0.4, -0.2) is 39.5 Å². The first kappa shape index (κ1) is 24.0. The van der Waals surface area contributed by atoms with E-state index >= 15 is 0 Å². The summed E-state index contributed by atoms with van der Waals surface area (Å²) in [5, 5.41) is 0. The molecular weight excluding hydrogens is 457 g/mol. The van der Waals surface area contributed by atoms with Gasteiger partial charge in [-0.15, -0.1) is 0 Å². The summed E-state index contributed by atoms with van der Waals surface area (Å²) in [6.45, 7) is -0.567. The van der Waals surface area contributed by atoms with Crippen LogP contribution in [0.3, 0.4) is 0 Å². The SMILES string of the molecule is COC(=O)C1=C(C(=O)OC)N(c2ccccc2Oc2c(F)cc(C(F)(F)F)cc2F)COC1. The number of hydrogen-bond acceptors (Lipinski definition) is 7. The molecule has 0 saturated heterocycles. The van der Waals surface area contributed by atoms with Gasteiger partial charge in [0.25, 0.3) is 0 Å². The van der Waals surface area contributed by atoms with E-state index in [9.17, 15) is 31.5 Å². The summed E-state index contributed by atoms with van der Waals surface area (Å²) in [5.41, 5.74) is -1.96. The van der Waals surface area contributed by atoms with E-state index in [0.29, 0.717) is 0 Å². The van der Waals surface area contributed by atoms with Gasteiger partial charge in [-0.2, -0.15) is 13.2 Å². The summed E-state index contributed by atoms with van der Waals surface area (Å²) in [6.07, 6.45) is -4.96. The lowest BCUT2D eigenvalue weighted by Crippen LogP contribution is -2.38. The van der Waals surface area contributed by atoms with E-state index in [-0.39, 0.29) is 48.2 Å². The number of para-hydroxylation sites is 2. The summed E-state index contributed by atoms with van der Waals surface area (Å²) in [4.78, 5) is 25.7. The predicted molar refractivity (Wildman–Crippen MR) is 102 cm³/mol. The average Bonchev–Trinajstić information content (AvgIpc) is 2.79. The largest absolute Gasteiger partial charge is 0.466 e. The Morgan fingerprint density at radius 1 is 1.00 bits per heavy atom. The van der Waals surface area contributed by atoms with E-state index in [2.05, 4.69) is 4.74 Å². The van der Waals surface area contributed by atoms with E-state index in [1.54, 1.807) is 0 Å². The van der Waals surface area contributed by atoms with Gasteiger partial charge in [-0.25, -0.2) is 18.4 Å². The minimum absolute atomic E-state index is 0.0118. The Balaban J connectivity index is 2.09. The Hall–Kier alpha value is -3.67. The molecule has 2 aromatic carbocycles. The highest BCUT2D eigenvalue weighted by molar-refractivity contribution is 6.03. The van der Waals surface area contributed by atoms with E-state index in [0.717, 1.165) is 19.1 Å². The number of anilines is 1. The van der Waals surface area contributed by atoms with E-state index in [4.69, 9.17) is 14.2 Å². The first-order chi connectivity index (χ1) is 15.6. The lowest BCUT2D eigenvalue weighted by atomic mass is 10.1. The number of rotatable bonds is 5. The maximum Gasteiger partial charge on any atom is 0.416 e. The molecule has 0 saturated carbocycles. The van der Waals surface area contributed by atoms with Crippen molar-refractivity contribution in [3.63, 3.8) is 0 Å². The van der Waals surface area contributed by atoms with Crippen LogP contribution < -0.4 is 9.64 Å². The molecule has 12 heteroatoms. The fraction of sp³-hybridized carbons (Fsp3) is 0.238. The van der Waals surface area contributed by atoms with E-state index in [1.165, 1.54) is 24.3 Å². The van der Waals surface area contributed by atoms with Gasteiger partial charge in [-0.05, 0) is 24.3 Å². The van der Waals surface area contributed by atoms with Gasteiger partial charge in [-0.3, -0.25) is 0 Å². The van der Waals surface area contributed by atoms with Crippen LogP contribution in [0.5, 0.6) is 11.5 Å². The number of carbonyl (C=O) groups is 2. The third-order valence-electron chi connectivity index (χ3n) is 4.53. The molecule has 0 bridgehead atoms. The van der Waals surface area contributed by atoms with Gasteiger partial charge >= 0.3 is 18.1 Å². The summed E-state index contributed by atoms with van der Waals surface area (Å²) < 4.78 is 87.1. The predicted octanol–water partition coefficient (Wildman–Crippen LogP) is 4.17. The molecule has 2 aromatic rings. The first-order valence-corrected chi connectivity index (χ1v) is 9.16. The monoisotopic (exact) mass is 473 g/mol. The highest BCUT2D eigenvalue weighted by Gasteiger charge is 2.35. The fourth-order valence-electron chi connectivity index (χ4n) is 3.03.